The van der Waals surface area contributed by atoms with Crippen molar-refractivity contribution in [3.05, 3.63) is 90.3 Å². The van der Waals surface area contributed by atoms with Crippen molar-refractivity contribution in [3.8, 4) is 0 Å². The Morgan fingerprint density at radius 3 is 1.09 bits per heavy atom. The van der Waals surface area contributed by atoms with Gasteiger partial charge in [-0.05, 0) is 62.2 Å². The first kappa shape index (κ1) is 48.8. The molecule has 0 radical (unpaired) electrons. The van der Waals surface area contributed by atoms with Crippen LogP contribution in [0.5, 0.6) is 0 Å². The highest BCUT2D eigenvalue weighted by Crippen LogP contribution is 1.89. The van der Waals surface area contributed by atoms with Gasteiger partial charge in [0.05, 0.1) is 0 Å². The van der Waals surface area contributed by atoms with Gasteiger partial charge in [-0.25, -0.2) is 0 Å². The van der Waals surface area contributed by atoms with E-state index in [1.54, 1.807) is 24.8 Å². The molecule has 34 heavy (non-hydrogen) atoms. The fourth-order valence-electron chi connectivity index (χ4n) is 1.32. The summed E-state index contributed by atoms with van der Waals surface area (Å²) in [4.78, 5) is 11.7. The van der Waals surface area contributed by atoms with Crippen molar-refractivity contribution in [2.24, 2.45) is 0 Å². The smallest absolute Gasteiger partial charge is 0.0372 e. The first-order valence-corrected chi connectivity index (χ1v) is 12.8. The Morgan fingerprint density at radius 2 is 0.912 bits per heavy atom. The second-order valence-corrected chi connectivity index (χ2v) is 4.53. The van der Waals surface area contributed by atoms with E-state index < -0.39 is 0 Å². The lowest BCUT2D eigenvalue weighted by Crippen LogP contribution is -1.72. The third-order valence-corrected chi connectivity index (χ3v) is 2.47. The zero-order valence-corrected chi connectivity index (χ0v) is 24.8. The molecule has 0 aliphatic heterocycles. The average Bonchev–Trinajstić information content (AvgIpc) is 2.93. The lowest BCUT2D eigenvalue weighted by molar-refractivity contribution is 1.20. The molecule has 0 amide bonds. The van der Waals surface area contributed by atoms with E-state index in [1.165, 1.54) is 11.1 Å². The molecule has 0 fully saturated rings. The fraction of sp³-hybridized carbons (Fsp3) is 0.516. The minimum atomic E-state index is 0. The summed E-state index contributed by atoms with van der Waals surface area (Å²) in [6.45, 7) is 30.0. The first-order valence-electron chi connectivity index (χ1n) is 12.8. The Hall–Kier alpha value is -2.55. The van der Waals surface area contributed by atoms with Gasteiger partial charge in [0.25, 0.3) is 0 Å². The van der Waals surface area contributed by atoms with Gasteiger partial charge in [0.1, 0.15) is 0 Å². The van der Waals surface area contributed by atoms with Crippen molar-refractivity contribution in [2.45, 2.75) is 111 Å². The molecule has 3 nitrogen and oxygen atoms in total. The molecular formula is C31H61N3. The highest BCUT2D eigenvalue weighted by Gasteiger charge is 1.74. The van der Waals surface area contributed by atoms with E-state index in [1.807, 2.05) is 153 Å². The van der Waals surface area contributed by atoms with Crippen LogP contribution in [0.2, 0.25) is 0 Å². The molecule has 0 aliphatic carbocycles. The standard InChI is InChI=1S/3C6H7N.6C2H6.CH4/c1-6-2-4-7-5-3-6;1-6-3-2-4-7-5-6;1-6-4-2-3-5-7-6;6*1-2;/h3*2-5H,1H3;6*1-2H3;1H4. The van der Waals surface area contributed by atoms with Gasteiger partial charge in [0.2, 0.25) is 0 Å². The SMILES string of the molecule is C.CC.CC.CC.CC.CC.CC.Cc1ccccn1.Cc1cccnc1.Cc1ccncc1. The maximum atomic E-state index is 3.98. The summed E-state index contributed by atoms with van der Waals surface area (Å²) in [5.41, 5.74) is 3.54. The molecule has 3 heterocycles. The van der Waals surface area contributed by atoms with E-state index in [0.717, 1.165) is 5.69 Å². The van der Waals surface area contributed by atoms with Gasteiger partial charge in [-0.15, -0.1) is 0 Å². The highest BCUT2D eigenvalue weighted by atomic mass is 14.6. The summed E-state index contributed by atoms with van der Waals surface area (Å²) in [6, 6.07) is 13.7. The number of hydrogen-bond acceptors (Lipinski definition) is 3. The number of rotatable bonds is 0. The molecule has 3 rings (SSSR count). The van der Waals surface area contributed by atoms with E-state index in [0.29, 0.717) is 0 Å². The van der Waals surface area contributed by atoms with Crippen LogP contribution < -0.4 is 0 Å². The highest BCUT2D eigenvalue weighted by molar-refractivity contribution is 5.06. The predicted octanol–water partition coefficient (Wildman–Crippen LogP) is 11.0. The zero-order valence-electron chi connectivity index (χ0n) is 24.8. The number of pyridine rings is 3. The Labute approximate surface area is 216 Å². The molecule has 0 aromatic carbocycles. The normalized spacial score (nSPS) is 6.44. The number of aromatic nitrogens is 3. The number of aryl methyl sites for hydroxylation is 3. The summed E-state index contributed by atoms with van der Waals surface area (Å²) in [5.74, 6) is 0. The van der Waals surface area contributed by atoms with Crippen LogP contribution in [0.1, 0.15) is 107 Å². The average molecular weight is 476 g/mol. The Morgan fingerprint density at radius 1 is 0.441 bits per heavy atom. The van der Waals surface area contributed by atoms with Crippen LogP contribution in [0.3, 0.4) is 0 Å². The van der Waals surface area contributed by atoms with Gasteiger partial charge in [-0.1, -0.05) is 103 Å². The molecular weight excluding hydrogens is 414 g/mol. The molecule has 0 saturated carbocycles. The lowest BCUT2D eigenvalue weighted by Gasteiger charge is -1.82. The van der Waals surface area contributed by atoms with Crippen molar-refractivity contribution < 1.29 is 0 Å². The molecule has 0 spiro atoms. The minimum Gasteiger partial charge on any atom is -0.265 e. The van der Waals surface area contributed by atoms with Crippen molar-refractivity contribution >= 4 is 0 Å². The Balaban J connectivity index is -0.0000000521. The van der Waals surface area contributed by atoms with E-state index in [9.17, 15) is 0 Å². The van der Waals surface area contributed by atoms with Gasteiger partial charge < -0.3 is 0 Å². The second-order valence-electron chi connectivity index (χ2n) is 4.53. The van der Waals surface area contributed by atoms with Crippen molar-refractivity contribution in [3.63, 3.8) is 0 Å². The topological polar surface area (TPSA) is 38.7 Å². The molecule has 0 saturated heterocycles. The van der Waals surface area contributed by atoms with Crippen LogP contribution in [-0.4, -0.2) is 15.0 Å². The largest absolute Gasteiger partial charge is 0.265 e. The molecule has 0 aliphatic rings. The van der Waals surface area contributed by atoms with Gasteiger partial charge in [0.15, 0.2) is 0 Å². The van der Waals surface area contributed by atoms with E-state index in [4.69, 9.17) is 0 Å². The first-order chi connectivity index (χ1) is 16.2. The van der Waals surface area contributed by atoms with Crippen LogP contribution in [0.25, 0.3) is 0 Å². The van der Waals surface area contributed by atoms with Crippen LogP contribution in [0.4, 0.5) is 0 Å². The predicted molar refractivity (Wildman–Crippen MR) is 162 cm³/mol. The zero-order chi connectivity index (χ0) is 27.3. The lowest BCUT2D eigenvalue weighted by atomic mass is 10.3. The third kappa shape index (κ3) is 51.8. The van der Waals surface area contributed by atoms with Gasteiger partial charge >= 0.3 is 0 Å². The van der Waals surface area contributed by atoms with Gasteiger partial charge in [-0.2, -0.15) is 0 Å². The summed E-state index contributed by atoms with van der Waals surface area (Å²) < 4.78 is 0. The summed E-state index contributed by atoms with van der Waals surface area (Å²) >= 11 is 0. The maximum Gasteiger partial charge on any atom is 0.0372 e. The minimum absolute atomic E-state index is 0. The molecule has 0 bridgehead atoms. The summed E-state index contributed by atoms with van der Waals surface area (Å²) in [6.07, 6.45) is 8.97. The number of nitrogens with zero attached hydrogens (tertiary/aromatic N) is 3. The van der Waals surface area contributed by atoms with Gasteiger partial charge in [-0.3, -0.25) is 15.0 Å². The van der Waals surface area contributed by atoms with E-state index in [2.05, 4.69) is 15.0 Å². The maximum absolute atomic E-state index is 3.98. The van der Waals surface area contributed by atoms with Crippen LogP contribution in [0.15, 0.2) is 73.4 Å². The third-order valence-electron chi connectivity index (χ3n) is 2.47. The second kappa shape index (κ2) is 57.4. The molecule has 0 unspecified atom stereocenters. The van der Waals surface area contributed by atoms with Crippen molar-refractivity contribution in [1.29, 1.82) is 0 Å². The molecule has 3 heteroatoms. The molecule has 3 aromatic heterocycles. The number of hydrogen-bond donors (Lipinski definition) is 0. The monoisotopic (exact) mass is 475 g/mol. The molecule has 0 N–H and O–H groups in total. The van der Waals surface area contributed by atoms with Crippen molar-refractivity contribution in [1.82, 2.24) is 15.0 Å². The van der Waals surface area contributed by atoms with Crippen LogP contribution >= 0.6 is 0 Å². The molecule has 200 valence electrons. The Kier molecular flexibility index (Phi) is 82.3. The molecule has 0 atom stereocenters. The summed E-state index contributed by atoms with van der Waals surface area (Å²) in [5, 5.41) is 0. The molecule has 3 aromatic rings. The van der Waals surface area contributed by atoms with E-state index >= 15 is 0 Å². The van der Waals surface area contributed by atoms with Crippen molar-refractivity contribution in [2.75, 3.05) is 0 Å². The Bertz CT molecular complexity index is 494. The van der Waals surface area contributed by atoms with Gasteiger partial charge in [0, 0.05) is 36.7 Å². The van der Waals surface area contributed by atoms with Crippen LogP contribution in [0, 0.1) is 20.8 Å². The quantitative estimate of drug-likeness (QED) is 0.324. The van der Waals surface area contributed by atoms with Crippen LogP contribution in [-0.2, 0) is 0 Å². The van der Waals surface area contributed by atoms with E-state index in [-0.39, 0.29) is 7.43 Å². The summed E-state index contributed by atoms with van der Waals surface area (Å²) in [7, 11) is 0. The fourth-order valence-corrected chi connectivity index (χ4v) is 1.32.